The van der Waals surface area contributed by atoms with E-state index in [0.29, 0.717) is 29.8 Å². The Morgan fingerprint density at radius 3 is 2.34 bits per heavy atom. The summed E-state index contributed by atoms with van der Waals surface area (Å²) in [5.74, 6) is -6.12. The summed E-state index contributed by atoms with van der Waals surface area (Å²) >= 11 is 0. The van der Waals surface area contributed by atoms with Crippen molar-refractivity contribution in [3.63, 3.8) is 0 Å². The zero-order valence-corrected chi connectivity index (χ0v) is 22.1. The van der Waals surface area contributed by atoms with Gasteiger partial charge in [0.25, 0.3) is 5.91 Å². The number of likely N-dealkylation sites (tertiary alicyclic amines) is 1. The number of primary amides is 1. The number of phenols is 1. The Hall–Kier alpha value is -3.37. The number of carbonyl (C=O) groups excluding carboxylic acids is 3. The van der Waals surface area contributed by atoms with Crippen molar-refractivity contribution in [3.8, 4) is 5.75 Å². The third-order valence-electron chi connectivity index (χ3n) is 9.09. The van der Waals surface area contributed by atoms with Crippen LogP contribution in [0.1, 0.15) is 61.0 Å². The molecule has 204 valence electrons. The number of fused-ring (bicyclic) bond motifs is 3. The number of nitrogens with zero attached hydrogens (tertiary/aromatic N) is 2. The number of rotatable bonds is 4. The molecule has 0 bridgehead atoms. The topological polar surface area (TPSA) is 165 Å². The number of hydrogen-bond donors (Lipinski definition) is 5. The fraction of sp³-hybridized carbons (Fsp3) is 0.536. The second-order valence-electron chi connectivity index (χ2n) is 11.5. The maximum Gasteiger partial charge on any atom is 0.255 e. The lowest BCUT2D eigenvalue weighted by Crippen LogP contribution is -2.57. The molecule has 10 heteroatoms. The Balaban J connectivity index is 1.65. The molecule has 1 aromatic carbocycles. The zero-order chi connectivity index (χ0) is 27.8. The summed E-state index contributed by atoms with van der Waals surface area (Å²) < 4.78 is 0. The SMILES string of the molecule is CC1CCC(C)N1Cc1cc(N(C)C)c2c(c1O)C(=O)C1=C(O)[C@]3(O)C(=O)C(C(N)=O)=C(O)C[C@@H]3C[C@@H]1C2. The Morgan fingerprint density at radius 2 is 1.76 bits per heavy atom. The van der Waals surface area contributed by atoms with Crippen LogP contribution in [0.2, 0.25) is 0 Å². The fourth-order valence-electron chi connectivity index (χ4n) is 7.00. The Kier molecular flexibility index (Phi) is 6.11. The predicted octanol–water partition coefficient (Wildman–Crippen LogP) is 2.02. The normalized spacial score (nSPS) is 31.3. The first kappa shape index (κ1) is 26.2. The summed E-state index contributed by atoms with van der Waals surface area (Å²) in [4.78, 5) is 43.2. The summed E-state index contributed by atoms with van der Waals surface area (Å²) in [5, 5.41) is 44.5. The van der Waals surface area contributed by atoms with Crippen LogP contribution < -0.4 is 10.6 Å². The second kappa shape index (κ2) is 8.84. The van der Waals surface area contributed by atoms with Gasteiger partial charge < -0.3 is 31.1 Å². The monoisotopic (exact) mass is 525 g/mol. The molecular weight excluding hydrogens is 490 g/mol. The molecule has 1 saturated heterocycles. The summed E-state index contributed by atoms with van der Waals surface area (Å²) in [6.45, 7) is 4.72. The van der Waals surface area contributed by atoms with E-state index >= 15 is 0 Å². The van der Waals surface area contributed by atoms with E-state index in [1.807, 2.05) is 25.1 Å². The van der Waals surface area contributed by atoms with Gasteiger partial charge in [-0.15, -0.1) is 0 Å². The highest BCUT2D eigenvalue weighted by Crippen LogP contribution is 2.52. The van der Waals surface area contributed by atoms with Crippen LogP contribution >= 0.6 is 0 Å². The highest BCUT2D eigenvalue weighted by Gasteiger charge is 2.59. The Labute approximate surface area is 221 Å². The summed E-state index contributed by atoms with van der Waals surface area (Å²) in [5.41, 5.74) is 3.85. The molecule has 0 saturated carbocycles. The smallest absolute Gasteiger partial charge is 0.255 e. The highest BCUT2D eigenvalue weighted by molar-refractivity contribution is 6.24. The summed E-state index contributed by atoms with van der Waals surface area (Å²) in [6, 6.07) is 2.55. The van der Waals surface area contributed by atoms with Crippen molar-refractivity contribution in [2.75, 3.05) is 19.0 Å². The number of hydrogen-bond acceptors (Lipinski definition) is 9. The van der Waals surface area contributed by atoms with Gasteiger partial charge in [-0.05, 0) is 57.1 Å². The quantitative estimate of drug-likeness (QED) is 0.370. The van der Waals surface area contributed by atoms with E-state index in [9.17, 15) is 34.8 Å². The molecule has 3 aliphatic carbocycles. The lowest BCUT2D eigenvalue weighted by molar-refractivity contribution is -0.144. The average molecular weight is 526 g/mol. The molecule has 1 aliphatic heterocycles. The van der Waals surface area contributed by atoms with Gasteiger partial charge in [0.1, 0.15) is 22.8 Å². The third-order valence-corrected chi connectivity index (χ3v) is 9.09. The maximum absolute atomic E-state index is 14.0. The first-order valence-electron chi connectivity index (χ1n) is 13.1. The van der Waals surface area contributed by atoms with Crippen LogP contribution in [0.3, 0.4) is 0 Å². The minimum Gasteiger partial charge on any atom is -0.511 e. The van der Waals surface area contributed by atoms with Gasteiger partial charge in [-0.25, -0.2) is 0 Å². The van der Waals surface area contributed by atoms with Crippen LogP contribution in [0.5, 0.6) is 5.75 Å². The van der Waals surface area contributed by atoms with E-state index in [4.69, 9.17) is 5.73 Å². The lowest BCUT2D eigenvalue weighted by Gasteiger charge is -2.46. The van der Waals surface area contributed by atoms with Crippen molar-refractivity contribution in [1.82, 2.24) is 4.90 Å². The number of nitrogens with two attached hydrogens (primary N) is 1. The number of benzene rings is 1. The number of aliphatic hydroxyl groups is 3. The first-order chi connectivity index (χ1) is 17.8. The molecule has 0 radical (unpaired) electrons. The van der Waals surface area contributed by atoms with Crippen molar-refractivity contribution >= 4 is 23.2 Å². The van der Waals surface area contributed by atoms with Crippen LogP contribution in [-0.2, 0) is 22.6 Å². The van der Waals surface area contributed by atoms with Crippen molar-refractivity contribution in [2.24, 2.45) is 17.6 Å². The minimum absolute atomic E-state index is 0.0577. The molecular formula is C28H35N3O7. The van der Waals surface area contributed by atoms with Gasteiger partial charge in [-0.2, -0.15) is 0 Å². The standard InChI is InChI=1S/C28H35N3O7/c1-12-5-6-13(2)31(12)11-15-9-18(30(3)4)17-8-14-7-16-10-19(32)22(27(29)37)26(36)28(16,38)25(35)20(14)24(34)21(17)23(15)33/h9,12-14,16,32-33,35,38H,5-8,10-11H2,1-4H3,(H2,29,37)/t12?,13?,14-,16+,28+/m1/s1. The van der Waals surface area contributed by atoms with Gasteiger partial charge in [0, 0.05) is 61.9 Å². The van der Waals surface area contributed by atoms with Crippen molar-refractivity contribution in [3.05, 3.63) is 45.4 Å². The number of amides is 1. The number of Topliss-reactive ketones (excluding diaryl/α,β-unsaturated/α-hetero) is 2. The molecule has 6 N–H and O–H groups in total. The van der Waals surface area contributed by atoms with E-state index in [-0.39, 0.29) is 36.1 Å². The molecule has 38 heavy (non-hydrogen) atoms. The molecule has 5 atom stereocenters. The van der Waals surface area contributed by atoms with E-state index in [1.165, 1.54) is 0 Å². The van der Waals surface area contributed by atoms with Gasteiger partial charge >= 0.3 is 0 Å². The summed E-state index contributed by atoms with van der Waals surface area (Å²) in [6.07, 6.45) is 2.24. The van der Waals surface area contributed by atoms with E-state index in [1.54, 1.807) is 0 Å². The van der Waals surface area contributed by atoms with E-state index in [0.717, 1.165) is 18.5 Å². The fourth-order valence-corrected chi connectivity index (χ4v) is 7.00. The predicted molar refractivity (Wildman–Crippen MR) is 139 cm³/mol. The number of aliphatic hydroxyl groups excluding tert-OH is 2. The van der Waals surface area contributed by atoms with Gasteiger partial charge in [-0.1, -0.05) is 0 Å². The van der Waals surface area contributed by atoms with E-state index in [2.05, 4.69) is 18.7 Å². The van der Waals surface area contributed by atoms with Crippen LogP contribution in [0.4, 0.5) is 5.69 Å². The number of allylic oxidation sites excluding steroid dienone is 2. The van der Waals surface area contributed by atoms with Crippen molar-refractivity contribution in [1.29, 1.82) is 0 Å². The van der Waals surface area contributed by atoms with E-state index < -0.39 is 52.0 Å². The maximum atomic E-state index is 14.0. The molecule has 0 aromatic heterocycles. The first-order valence-corrected chi connectivity index (χ1v) is 13.1. The lowest BCUT2D eigenvalue weighted by atomic mass is 9.60. The Bertz CT molecular complexity index is 1320. The Morgan fingerprint density at radius 1 is 1.13 bits per heavy atom. The van der Waals surface area contributed by atoms with Crippen LogP contribution in [0.25, 0.3) is 0 Å². The number of carbonyl (C=O) groups is 3. The molecule has 0 spiro atoms. The molecule has 10 nitrogen and oxygen atoms in total. The molecule has 4 aliphatic rings. The van der Waals surface area contributed by atoms with Gasteiger partial charge in [0.05, 0.1) is 5.56 Å². The number of ketones is 2. The molecule has 1 amide bonds. The second-order valence-corrected chi connectivity index (χ2v) is 11.5. The van der Waals surface area contributed by atoms with Gasteiger partial charge in [-0.3, -0.25) is 19.3 Å². The van der Waals surface area contributed by atoms with Crippen molar-refractivity contribution < 1.29 is 34.8 Å². The largest absolute Gasteiger partial charge is 0.511 e. The number of anilines is 1. The summed E-state index contributed by atoms with van der Waals surface area (Å²) in [7, 11) is 3.72. The van der Waals surface area contributed by atoms with Gasteiger partial charge in [0.15, 0.2) is 11.4 Å². The molecule has 1 aromatic rings. The minimum atomic E-state index is -2.56. The molecule has 1 fully saturated rings. The molecule has 5 rings (SSSR count). The van der Waals surface area contributed by atoms with Gasteiger partial charge in [0.2, 0.25) is 5.78 Å². The van der Waals surface area contributed by atoms with Crippen LogP contribution in [0.15, 0.2) is 28.7 Å². The van der Waals surface area contributed by atoms with Crippen LogP contribution in [-0.4, -0.2) is 74.6 Å². The van der Waals surface area contributed by atoms with Crippen molar-refractivity contribution in [2.45, 2.75) is 70.2 Å². The average Bonchev–Trinajstić information content (AvgIpc) is 3.14. The molecule has 1 heterocycles. The zero-order valence-electron chi connectivity index (χ0n) is 22.1. The number of aromatic hydroxyl groups is 1. The number of phenolic OH excluding ortho intramolecular Hbond substituents is 1. The third kappa shape index (κ3) is 3.57. The van der Waals surface area contributed by atoms with Crippen LogP contribution in [0, 0.1) is 11.8 Å². The highest BCUT2D eigenvalue weighted by atomic mass is 16.3. The molecule has 2 unspecified atom stereocenters.